The fraction of sp³-hybridized carbons (Fsp3) is 0.476. The number of piperidine rings is 1. The molecular weight excluding hydrogens is 338 g/mol. The lowest BCUT2D eigenvalue weighted by Crippen LogP contribution is -2.39. The van der Waals surface area contributed by atoms with Crippen LogP contribution in [-0.4, -0.2) is 37.1 Å². The molecule has 0 spiro atoms. The number of imidazole rings is 1. The molecule has 1 aromatic carbocycles. The smallest absolute Gasteiger partial charge is 0.257 e. The van der Waals surface area contributed by atoms with E-state index in [0.29, 0.717) is 5.56 Å². The zero-order valence-corrected chi connectivity index (χ0v) is 16.3. The second-order valence-electron chi connectivity index (χ2n) is 7.52. The first kappa shape index (κ1) is 17.8. The summed E-state index contributed by atoms with van der Waals surface area (Å²) < 4.78 is 1.93. The fourth-order valence-electron chi connectivity index (χ4n) is 4.01. The van der Waals surface area contributed by atoms with Gasteiger partial charge in [0.15, 0.2) is 0 Å². The van der Waals surface area contributed by atoms with Gasteiger partial charge < -0.3 is 9.88 Å². The number of aromatic nitrogens is 4. The van der Waals surface area contributed by atoms with Crippen molar-refractivity contribution in [2.24, 2.45) is 0 Å². The van der Waals surface area contributed by atoms with Crippen molar-refractivity contribution in [3.05, 3.63) is 47.0 Å². The van der Waals surface area contributed by atoms with Crippen LogP contribution in [0.5, 0.6) is 0 Å². The Bertz CT molecular complexity index is 970. The minimum atomic E-state index is -0.00659. The number of carbonyl (C=O) groups excluding carboxylic acids is 1. The van der Waals surface area contributed by atoms with E-state index in [1.54, 1.807) is 6.20 Å². The van der Waals surface area contributed by atoms with Crippen molar-refractivity contribution in [2.75, 3.05) is 6.54 Å². The lowest BCUT2D eigenvalue weighted by molar-refractivity contribution is 0.0600. The van der Waals surface area contributed by atoms with Crippen LogP contribution in [0.3, 0.4) is 0 Å². The number of hydrogen-bond acceptors (Lipinski definition) is 3. The Morgan fingerprint density at radius 3 is 2.96 bits per heavy atom. The van der Waals surface area contributed by atoms with Gasteiger partial charge in [0.25, 0.3) is 5.91 Å². The predicted molar refractivity (Wildman–Crippen MR) is 106 cm³/mol. The summed E-state index contributed by atoms with van der Waals surface area (Å²) in [5.74, 6) is 0.957. The molecule has 6 heteroatoms. The van der Waals surface area contributed by atoms with Crippen LogP contribution in [0.1, 0.15) is 66.1 Å². The van der Waals surface area contributed by atoms with Crippen molar-refractivity contribution >= 4 is 16.9 Å². The Labute approximate surface area is 159 Å². The summed E-state index contributed by atoms with van der Waals surface area (Å²) in [6, 6.07) is 6.22. The van der Waals surface area contributed by atoms with E-state index in [1.807, 2.05) is 22.6 Å². The van der Waals surface area contributed by atoms with Gasteiger partial charge in [0, 0.05) is 18.8 Å². The molecule has 2 aromatic heterocycles. The summed E-state index contributed by atoms with van der Waals surface area (Å²) in [7, 11) is 0. The summed E-state index contributed by atoms with van der Waals surface area (Å²) in [5, 5.41) is 4.41. The molecule has 6 nitrogen and oxygen atoms in total. The molecule has 1 saturated heterocycles. The number of hydrogen-bond donors (Lipinski definition) is 1. The van der Waals surface area contributed by atoms with Gasteiger partial charge in [-0.05, 0) is 57.2 Å². The Morgan fingerprint density at radius 2 is 2.15 bits per heavy atom. The number of aryl methyl sites for hydroxylation is 2. The van der Waals surface area contributed by atoms with Crippen LogP contribution >= 0.6 is 0 Å². The minimum absolute atomic E-state index is 0.00659. The number of H-pyrrole nitrogens is 1. The van der Waals surface area contributed by atoms with Crippen LogP contribution in [0.4, 0.5) is 0 Å². The molecule has 3 aromatic rings. The van der Waals surface area contributed by atoms with Gasteiger partial charge >= 0.3 is 0 Å². The van der Waals surface area contributed by atoms with Crippen molar-refractivity contribution in [1.29, 1.82) is 0 Å². The average molecular weight is 365 g/mol. The van der Waals surface area contributed by atoms with E-state index in [1.165, 1.54) is 5.56 Å². The van der Waals surface area contributed by atoms with Gasteiger partial charge in [0.2, 0.25) is 0 Å². The van der Waals surface area contributed by atoms with Crippen molar-refractivity contribution in [1.82, 2.24) is 24.6 Å². The summed E-state index contributed by atoms with van der Waals surface area (Å²) in [4.78, 5) is 23.5. The molecule has 3 heterocycles. The molecule has 1 amide bonds. The minimum Gasteiger partial charge on any atom is -0.340 e. The third-order valence-electron chi connectivity index (χ3n) is 5.50. The number of nitrogens with zero attached hydrogens (tertiary/aromatic N) is 4. The first-order valence-corrected chi connectivity index (χ1v) is 9.88. The molecule has 1 aliphatic heterocycles. The maximum absolute atomic E-state index is 13.3. The number of fused-ring (bicyclic) bond motifs is 1. The van der Waals surface area contributed by atoms with Crippen LogP contribution in [-0.2, 0) is 6.54 Å². The molecule has 0 saturated carbocycles. The highest BCUT2D eigenvalue weighted by Gasteiger charge is 2.32. The molecule has 0 aliphatic carbocycles. The van der Waals surface area contributed by atoms with E-state index in [-0.39, 0.29) is 11.9 Å². The van der Waals surface area contributed by atoms with Crippen LogP contribution in [0, 0.1) is 13.8 Å². The molecule has 0 bridgehead atoms. The highest BCUT2D eigenvalue weighted by Crippen LogP contribution is 2.32. The number of amides is 1. The average Bonchev–Trinajstić information content (AvgIpc) is 3.25. The standard InChI is InChI=1S/C21H27N5O/c1-4-10-26-15(3)16(13-22-26)21(27)25-11-6-5-7-19(25)20-23-17-9-8-14(2)12-18(17)24-20/h8-9,12-13,19H,4-7,10-11H2,1-3H3,(H,23,24). The molecule has 27 heavy (non-hydrogen) atoms. The van der Waals surface area contributed by atoms with Gasteiger partial charge in [-0.3, -0.25) is 9.48 Å². The van der Waals surface area contributed by atoms with Gasteiger partial charge in [-0.1, -0.05) is 13.0 Å². The number of rotatable bonds is 4. The van der Waals surface area contributed by atoms with Gasteiger partial charge in [0.1, 0.15) is 5.82 Å². The third kappa shape index (κ3) is 3.24. The Hall–Kier alpha value is -2.63. The molecule has 142 valence electrons. The van der Waals surface area contributed by atoms with Crippen molar-refractivity contribution in [2.45, 2.75) is 59.0 Å². The monoisotopic (exact) mass is 365 g/mol. The van der Waals surface area contributed by atoms with E-state index < -0.39 is 0 Å². The molecule has 1 fully saturated rings. The van der Waals surface area contributed by atoms with E-state index in [0.717, 1.165) is 61.3 Å². The van der Waals surface area contributed by atoms with E-state index in [9.17, 15) is 4.79 Å². The highest BCUT2D eigenvalue weighted by molar-refractivity contribution is 5.95. The van der Waals surface area contributed by atoms with Gasteiger partial charge in [-0.15, -0.1) is 0 Å². The quantitative estimate of drug-likeness (QED) is 0.755. The Balaban J connectivity index is 1.66. The number of likely N-dealkylation sites (tertiary alicyclic amines) is 1. The molecule has 4 rings (SSSR count). The molecular formula is C21H27N5O. The van der Waals surface area contributed by atoms with E-state index in [2.05, 4.69) is 36.1 Å². The van der Waals surface area contributed by atoms with Gasteiger partial charge in [-0.2, -0.15) is 5.10 Å². The van der Waals surface area contributed by atoms with Gasteiger partial charge in [0.05, 0.1) is 28.8 Å². The largest absolute Gasteiger partial charge is 0.340 e. The van der Waals surface area contributed by atoms with E-state index >= 15 is 0 Å². The fourth-order valence-corrected chi connectivity index (χ4v) is 4.01. The Morgan fingerprint density at radius 1 is 1.30 bits per heavy atom. The van der Waals surface area contributed by atoms with Crippen LogP contribution in [0.2, 0.25) is 0 Å². The zero-order valence-electron chi connectivity index (χ0n) is 16.3. The number of aromatic amines is 1. The maximum Gasteiger partial charge on any atom is 0.257 e. The number of nitrogens with one attached hydrogen (secondary N) is 1. The summed E-state index contributed by atoms with van der Waals surface area (Å²) >= 11 is 0. The lowest BCUT2D eigenvalue weighted by Gasteiger charge is -2.34. The normalized spacial score (nSPS) is 17.6. The molecule has 0 radical (unpaired) electrons. The zero-order chi connectivity index (χ0) is 19.0. The van der Waals surface area contributed by atoms with E-state index in [4.69, 9.17) is 4.98 Å². The first-order valence-electron chi connectivity index (χ1n) is 9.88. The lowest BCUT2D eigenvalue weighted by atomic mass is 10.0. The van der Waals surface area contributed by atoms with Crippen LogP contribution < -0.4 is 0 Å². The van der Waals surface area contributed by atoms with Crippen molar-refractivity contribution in [3.63, 3.8) is 0 Å². The molecule has 1 N–H and O–H groups in total. The Kier molecular flexibility index (Phi) is 4.72. The van der Waals surface area contributed by atoms with Gasteiger partial charge in [-0.25, -0.2) is 4.98 Å². The summed E-state index contributed by atoms with van der Waals surface area (Å²) in [6.45, 7) is 7.78. The number of benzene rings is 1. The second kappa shape index (κ2) is 7.18. The van der Waals surface area contributed by atoms with Crippen LogP contribution in [0.25, 0.3) is 11.0 Å². The molecule has 1 unspecified atom stereocenters. The highest BCUT2D eigenvalue weighted by atomic mass is 16.2. The predicted octanol–water partition coefficient (Wildman–Crippen LogP) is 4.15. The first-order chi connectivity index (χ1) is 13.1. The van der Waals surface area contributed by atoms with Crippen molar-refractivity contribution in [3.8, 4) is 0 Å². The molecule has 1 atom stereocenters. The summed E-state index contributed by atoms with van der Waals surface area (Å²) in [6.07, 6.45) is 5.80. The molecule has 1 aliphatic rings. The third-order valence-corrected chi connectivity index (χ3v) is 5.50. The van der Waals surface area contributed by atoms with Crippen LogP contribution in [0.15, 0.2) is 24.4 Å². The van der Waals surface area contributed by atoms with Crippen molar-refractivity contribution < 1.29 is 4.79 Å². The summed E-state index contributed by atoms with van der Waals surface area (Å²) in [5.41, 5.74) is 4.86. The second-order valence-corrected chi connectivity index (χ2v) is 7.52. The SMILES string of the molecule is CCCn1ncc(C(=O)N2CCCCC2c2nc3ccc(C)cc3[nH]2)c1C. The maximum atomic E-state index is 13.3. The number of carbonyl (C=O) groups is 1. The topological polar surface area (TPSA) is 66.8 Å².